The monoisotopic (exact) mass is 819 g/mol. The van der Waals surface area contributed by atoms with Gasteiger partial charge >= 0.3 is 5.97 Å². The summed E-state index contributed by atoms with van der Waals surface area (Å²) >= 11 is 8.58. The Kier molecular flexibility index (Phi) is 33.9. The molecule has 0 aromatic rings. The van der Waals surface area contributed by atoms with Crippen LogP contribution in [0.1, 0.15) is 221 Å². The lowest BCUT2D eigenvalue weighted by Gasteiger charge is -2.36. The molecule has 320 valence electrons. The van der Waals surface area contributed by atoms with Crippen LogP contribution in [0.25, 0.3) is 0 Å². The molecule has 1 fully saturated rings. The van der Waals surface area contributed by atoms with Gasteiger partial charge in [-0.15, -0.1) is 0 Å². The molecule has 1 saturated heterocycles. The summed E-state index contributed by atoms with van der Waals surface area (Å²) in [6, 6.07) is 0. The predicted octanol–water partition coefficient (Wildman–Crippen LogP) is 14.5. The summed E-state index contributed by atoms with van der Waals surface area (Å²) in [5.41, 5.74) is 0. The number of rotatable bonds is 39. The van der Waals surface area contributed by atoms with Crippen LogP contribution in [0, 0.1) is 0 Å². The highest BCUT2D eigenvalue weighted by atomic mass is 32.2. The molecule has 2 atom stereocenters. The summed E-state index contributed by atoms with van der Waals surface area (Å²) in [5, 5.41) is 0. The summed E-state index contributed by atoms with van der Waals surface area (Å²) in [4.78, 5) is 24.3. The SMILES string of the molecule is CCCCCCCCCCCCCCCCOCCOC(=O)C(C)(C)SC(=S)SC(C)(C)COOC1COC1CCCCCCCCCCCCCCC. The van der Waals surface area contributed by atoms with E-state index in [0.29, 0.717) is 23.3 Å². The summed E-state index contributed by atoms with van der Waals surface area (Å²) < 4.78 is 16.7. The highest BCUT2D eigenvalue weighted by Gasteiger charge is 2.36. The van der Waals surface area contributed by atoms with Gasteiger partial charge < -0.3 is 14.2 Å². The smallest absolute Gasteiger partial charge is 0.322 e. The van der Waals surface area contributed by atoms with Crippen LogP contribution >= 0.6 is 35.7 Å². The van der Waals surface area contributed by atoms with Gasteiger partial charge in [-0.1, -0.05) is 217 Å². The van der Waals surface area contributed by atoms with Crippen LogP contribution in [0.3, 0.4) is 0 Å². The van der Waals surface area contributed by atoms with Crippen LogP contribution in [0.4, 0.5) is 0 Å². The molecule has 0 N–H and O–H groups in total. The number of ether oxygens (including phenoxy) is 3. The summed E-state index contributed by atoms with van der Waals surface area (Å²) in [5.74, 6) is -0.271. The minimum absolute atomic E-state index is 0.00125. The van der Waals surface area contributed by atoms with Crippen molar-refractivity contribution in [2.24, 2.45) is 0 Å². The average Bonchev–Trinajstić information content (AvgIpc) is 3.11. The van der Waals surface area contributed by atoms with Crippen molar-refractivity contribution < 1.29 is 28.8 Å². The molecule has 2 unspecified atom stereocenters. The van der Waals surface area contributed by atoms with Crippen molar-refractivity contribution in [3.63, 3.8) is 0 Å². The third-order valence-corrected chi connectivity index (χ3v) is 13.1. The molecule has 6 nitrogen and oxygen atoms in total. The molecule has 0 radical (unpaired) electrons. The lowest BCUT2D eigenvalue weighted by Crippen LogP contribution is -2.47. The van der Waals surface area contributed by atoms with Gasteiger partial charge in [-0.3, -0.25) is 4.79 Å². The fraction of sp³-hybridized carbons (Fsp3) is 0.956. The molecule has 0 amide bonds. The molecule has 0 aromatic carbocycles. The number of hydrogen-bond donors (Lipinski definition) is 0. The zero-order valence-corrected chi connectivity index (χ0v) is 38.6. The number of carbonyl (C=O) groups is 1. The van der Waals surface area contributed by atoms with Crippen LogP contribution < -0.4 is 0 Å². The number of unbranched alkanes of at least 4 members (excludes halogenated alkanes) is 25. The van der Waals surface area contributed by atoms with Gasteiger partial charge in [0.05, 0.1) is 25.9 Å². The second-order valence-electron chi connectivity index (χ2n) is 16.9. The molecule has 54 heavy (non-hydrogen) atoms. The molecule has 0 aromatic heterocycles. The largest absolute Gasteiger partial charge is 0.462 e. The van der Waals surface area contributed by atoms with Gasteiger partial charge in [-0.05, 0) is 40.5 Å². The third-order valence-electron chi connectivity index (χ3n) is 10.4. The zero-order chi connectivity index (χ0) is 39.6. The maximum Gasteiger partial charge on any atom is 0.322 e. The van der Waals surface area contributed by atoms with E-state index in [0.717, 1.165) is 19.4 Å². The number of carbonyl (C=O) groups excluding carboxylic acids is 1. The second-order valence-corrected chi connectivity index (χ2v) is 21.4. The number of thiocarbonyl (C=S) groups is 1. The summed E-state index contributed by atoms with van der Waals surface area (Å²) in [7, 11) is 0. The van der Waals surface area contributed by atoms with E-state index in [1.807, 2.05) is 13.8 Å². The molecule has 1 aliphatic heterocycles. The first-order valence-electron chi connectivity index (χ1n) is 22.7. The molecular formula is C45H86O6S3. The van der Waals surface area contributed by atoms with Gasteiger partial charge in [0.25, 0.3) is 0 Å². The molecule has 0 spiro atoms. The van der Waals surface area contributed by atoms with Crippen molar-refractivity contribution >= 4 is 45.2 Å². The van der Waals surface area contributed by atoms with Gasteiger partial charge in [0.15, 0.2) is 0 Å². The zero-order valence-electron chi connectivity index (χ0n) is 36.2. The Morgan fingerprint density at radius 2 is 1.06 bits per heavy atom. The fourth-order valence-corrected chi connectivity index (χ4v) is 10.6. The van der Waals surface area contributed by atoms with Gasteiger partial charge in [0.1, 0.15) is 21.0 Å². The van der Waals surface area contributed by atoms with E-state index in [-0.39, 0.29) is 29.5 Å². The molecular weight excluding hydrogens is 733 g/mol. The first-order valence-corrected chi connectivity index (χ1v) is 24.7. The Hall–Kier alpha value is 0.1000. The molecule has 0 saturated carbocycles. The van der Waals surface area contributed by atoms with Crippen molar-refractivity contribution in [2.45, 2.75) is 243 Å². The van der Waals surface area contributed by atoms with Crippen LogP contribution in [0.5, 0.6) is 0 Å². The Morgan fingerprint density at radius 1 is 0.611 bits per heavy atom. The first kappa shape index (κ1) is 52.1. The normalized spacial score (nSPS) is 16.1. The van der Waals surface area contributed by atoms with Crippen molar-refractivity contribution in [1.29, 1.82) is 0 Å². The molecule has 1 heterocycles. The molecule has 1 rings (SSSR count). The molecule has 0 aliphatic carbocycles. The lowest BCUT2D eigenvalue weighted by atomic mass is 10.0. The van der Waals surface area contributed by atoms with Crippen LogP contribution in [-0.4, -0.2) is 64.2 Å². The van der Waals surface area contributed by atoms with E-state index in [1.165, 1.54) is 190 Å². The predicted molar refractivity (Wildman–Crippen MR) is 239 cm³/mol. The van der Waals surface area contributed by atoms with Crippen molar-refractivity contribution in [3.8, 4) is 0 Å². The maximum atomic E-state index is 12.8. The minimum atomic E-state index is -0.782. The van der Waals surface area contributed by atoms with Crippen molar-refractivity contribution in [3.05, 3.63) is 0 Å². The Balaban J connectivity index is 2.01. The number of esters is 1. The number of hydrogen-bond acceptors (Lipinski definition) is 9. The van der Waals surface area contributed by atoms with Crippen LogP contribution in [0.15, 0.2) is 0 Å². The third kappa shape index (κ3) is 30.2. The molecule has 0 bridgehead atoms. The average molecular weight is 819 g/mol. The van der Waals surface area contributed by atoms with E-state index in [2.05, 4.69) is 27.7 Å². The number of thioether (sulfide) groups is 2. The highest BCUT2D eigenvalue weighted by molar-refractivity contribution is 8.48. The minimum Gasteiger partial charge on any atom is -0.462 e. The maximum absolute atomic E-state index is 12.8. The summed E-state index contributed by atoms with van der Waals surface area (Å²) in [6.07, 6.45) is 37.7. The van der Waals surface area contributed by atoms with E-state index in [4.69, 9.17) is 36.2 Å². The van der Waals surface area contributed by atoms with E-state index in [1.54, 1.807) is 0 Å². The standard InChI is InChI=1S/C45H86O6S3/c1-7-9-11-13-15-17-19-21-23-25-27-29-31-33-35-47-36-37-48-42(46)45(5,6)54-43(52)53-44(3,4)39-50-51-41-38-49-40(41)34-32-30-28-26-24-22-20-18-16-14-12-10-8-2/h40-41H,7-39H2,1-6H3. The Bertz CT molecular complexity index is 885. The Labute approximate surface area is 348 Å². The quantitative estimate of drug-likeness (QED) is 0.0198. The van der Waals surface area contributed by atoms with E-state index in [9.17, 15) is 4.79 Å². The molecule has 9 heteroatoms. The topological polar surface area (TPSA) is 63.2 Å². The second kappa shape index (κ2) is 35.1. The summed E-state index contributed by atoms with van der Waals surface area (Å²) in [6.45, 7) is 14.9. The Morgan fingerprint density at radius 3 is 1.50 bits per heavy atom. The van der Waals surface area contributed by atoms with Crippen molar-refractivity contribution in [2.75, 3.05) is 33.0 Å². The van der Waals surface area contributed by atoms with E-state index < -0.39 is 4.75 Å². The molecule has 1 aliphatic rings. The lowest BCUT2D eigenvalue weighted by molar-refractivity contribution is -0.379. The van der Waals surface area contributed by atoms with Gasteiger partial charge in [0.2, 0.25) is 0 Å². The first-order chi connectivity index (χ1) is 26.1. The highest BCUT2D eigenvalue weighted by Crippen LogP contribution is 2.38. The van der Waals surface area contributed by atoms with Crippen molar-refractivity contribution in [1.82, 2.24) is 0 Å². The van der Waals surface area contributed by atoms with E-state index >= 15 is 0 Å². The fourth-order valence-electron chi connectivity index (χ4n) is 6.69. The van der Waals surface area contributed by atoms with Gasteiger partial charge in [0, 0.05) is 11.4 Å². The van der Waals surface area contributed by atoms with Crippen LogP contribution in [-0.2, 0) is 28.8 Å². The van der Waals surface area contributed by atoms with Crippen LogP contribution in [0.2, 0.25) is 0 Å². The van der Waals surface area contributed by atoms with Gasteiger partial charge in [-0.2, -0.15) is 0 Å². The van der Waals surface area contributed by atoms with Gasteiger partial charge in [-0.25, -0.2) is 9.78 Å².